The molecule has 2 aliphatic heterocycles. The highest BCUT2D eigenvalue weighted by Gasteiger charge is 2.42. The SMILES string of the molecule is C[C@H]1CS(=O)(=O)N(c2ccc(C(=O)N3CCN(c4ccc(F)cc4)CC3)c(Cl)c2)C1=O. The van der Waals surface area contributed by atoms with E-state index in [1.807, 2.05) is 0 Å². The molecule has 2 aromatic rings. The topological polar surface area (TPSA) is 78.0 Å². The fourth-order valence-electron chi connectivity index (χ4n) is 3.88. The van der Waals surface area contributed by atoms with Gasteiger partial charge in [-0.15, -0.1) is 0 Å². The molecule has 0 N–H and O–H groups in total. The maximum Gasteiger partial charge on any atom is 0.255 e. The molecule has 0 saturated carbocycles. The van der Waals surface area contributed by atoms with E-state index in [2.05, 4.69) is 4.90 Å². The molecule has 2 heterocycles. The third-order valence-corrected chi connectivity index (χ3v) is 7.72. The Morgan fingerprint density at radius 1 is 1.03 bits per heavy atom. The number of benzene rings is 2. The number of nitrogens with zero attached hydrogens (tertiary/aromatic N) is 3. The second kappa shape index (κ2) is 8.12. The maximum atomic E-state index is 13.1. The lowest BCUT2D eigenvalue weighted by molar-refractivity contribution is -0.119. The third kappa shape index (κ3) is 4.12. The molecule has 31 heavy (non-hydrogen) atoms. The molecule has 1 atom stereocenters. The summed E-state index contributed by atoms with van der Waals surface area (Å²) < 4.78 is 38.5. The van der Waals surface area contributed by atoms with Crippen LogP contribution >= 0.6 is 11.6 Å². The maximum absolute atomic E-state index is 13.1. The lowest BCUT2D eigenvalue weighted by atomic mass is 10.1. The zero-order chi connectivity index (χ0) is 22.3. The van der Waals surface area contributed by atoms with Gasteiger partial charge in [-0.25, -0.2) is 17.1 Å². The predicted octanol–water partition coefficient (Wildman–Crippen LogP) is 2.75. The van der Waals surface area contributed by atoms with Crippen molar-refractivity contribution in [2.45, 2.75) is 6.92 Å². The fraction of sp³-hybridized carbons (Fsp3) is 0.333. The molecule has 2 fully saturated rings. The summed E-state index contributed by atoms with van der Waals surface area (Å²) >= 11 is 6.31. The van der Waals surface area contributed by atoms with Crippen molar-refractivity contribution < 1.29 is 22.4 Å². The van der Waals surface area contributed by atoms with Crippen LogP contribution in [-0.4, -0.2) is 57.1 Å². The summed E-state index contributed by atoms with van der Waals surface area (Å²) in [7, 11) is -3.74. The van der Waals surface area contributed by atoms with Crippen molar-refractivity contribution in [3.8, 4) is 0 Å². The van der Waals surface area contributed by atoms with Gasteiger partial charge >= 0.3 is 0 Å². The van der Waals surface area contributed by atoms with Crippen LogP contribution in [0, 0.1) is 11.7 Å². The van der Waals surface area contributed by atoms with Gasteiger partial charge in [0.15, 0.2) is 0 Å². The highest BCUT2D eigenvalue weighted by atomic mass is 35.5. The molecule has 0 bridgehead atoms. The van der Waals surface area contributed by atoms with Gasteiger partial charge in [-0.2, -0.15) is 0 Å². The van der Waals surface area contributed by atoms with Crippen molar-refractivity contribution in [3.63, 3.8) is 0 Å². The van der Waals surface area contributed by atoms with Crippen molar-refractivity contribution >= 4 is 44.8 Å². The van der Waals surface area contributed by atoms with Gasteiger partial charge in [0.1, 0.15) is 5.82 Å². The highest BCUT2D eigenvalue weighted by molar-refractivity contribution is 7.94. The average molecular weight is 466 g/mol. The summed E-state index contributed by atoms with van der Waals surface area (Å²) in [5.74, 6) is -1.94. The van der Waals surface area contributed by atoms with Gasteiger partial charge in [0.2, 0.25) is 15.9 Å². The van der Waals surface area contributed by atoms with Gasteiger partial charge in [-0.3, -0.25) is 9.59 Å². The molecule has 10 heteroatoms. The van der Waals surface area contributed by atoms with Crippen LogP contribution in [0.3, 0.4) is 0 Å². The van der Waals surface area contributed by atoms with Gasteiger partial charge in [-0.1, -0.05) is 18.5 Å². The number of sulfonamides is 1. The van der Waals surface area contributed by atoms with Crippen molar-refractivity contribution in [1.29, 1.82) is 0 Å². The fourth-order valence-corrected chi connectivity index (χ4v) is 5.95. The standard InChI is InChI=1S/C21H21ClFN3O4S/c1-14-13-31(29,30)26(20(14)27)17-6-7-18(19(22)12-17)21(28)25-10-8-24(9-11-25)16-4-2-15(23)3-5-16/h2-7,12,14H,8-11,13H2,1H3/t14-/m0/s1. The minimum atomic E-state index is -3.74. The quantitative estimate of drug-likeness (QED) is 0.696. The summed E-state index contributed by atoms with van der Waals surface area (Å²) in [6.45, 7) is 3.66. The van der Waals surface area contributed by atoms with Crippen molar-refractivity contribution in [1.82, 2.24) is 4.90 Å². The van der Waals surface area contributed by atoms with Crippen LogP contribution in [0.2, 0.25) is 5.02 Å². The summed E-state index contributed by atoms with van der Waals surface area (Å²) in [6, 6.07) is 10.4. The molecule has 0 spiro atoms. The minimum absolute atomic E-state index is 0.0889. The monoisotopic (exact) mass is 465 g/mol. The van der Waals surface area contributed by atoms with E-state index in [0.29, 0.717) is 26.2 Å². The van der Waals surface area contributed by atoms with Crippen LogP contribution < -0.4 is 9.21 Å². The number of amides is 2. The molecule has 2 aliphatic rings. The van der Waals surface area contributed by atoms with E-state index >= 15 is 0 Å². The first-order valence-electron chi connectivity index (χ1n) is 9.83. The van der Waals surface area contributed by atoms with E-state index in [9.17, 15) is 22.4 Å². The number of carbonyl (C=O) groups excluding carboxylic acids is 2. The Bertz CT molecular complexity index is 1130. The molecular weight excluding hydrogens is 445 g/mol. The van der Waals surface area contributed by atoms with Crippen LogP contribution in [0.5, 0.6) is 0 Å². The Labute approximate surface area is 185 Å². The second-order valence-corrected chi connectivity index (χ2v) is 9.97. The van der Waals surface area contributed by atoms with Crippen LogP contribution in [0.15, 0.2) is 42.5 Å². The normalized spacial score (nSPS) is 20.9. The molecule has 2 aromatic carbocycles. The van der Waals surface area contributed by atoms with Gasteiger partial charge in [0.25, 0.3) is 5.91 Å². The van der Waals surface area contributed by atoms with E-state index in [0.717, 1.165) is 9.99 Å². The summed E-state index contributed by atoms with van der Waals surface area (Å²) in [5.41, 5.74) is 1.27. The first kappa shape index (κ1) is 21.6. The lowest BCUT2D eigenvalue weighted by Gasteiger charge is -2.36. The van der Waals surface area contributed by atoms with E-state index in [4.69, 9.17) is 11.6 Å². The van der Waals surface area contributed by atoms with Crippen LogP contribution in [-0.2, 0) is 14.8 Å². The van der Waals surface area contributed by atoms with E-state index in [-0.39, 0.29) is 33.8 Å². The van der Waals surface area contributed by atoms with Crippen molar-refractivity contribution in [2.75, 3.05) is 41.1 Å². The zero-order valence-corrected chi connectivity index (χ0v) is 18.4. The lowest BCUT2D eigenvalue weighted by Crippen LogP contribution is -2.48. The second-order valence-electron chi connectivity index (χ2n) is 7.70. The van der Waals surface area contributed by atoms with Crippen LogP contribution in [0.1, 0.15) is 17.3 Å². The summed E-state index contributed by atoms with van der Waals surface area (Å²) in [4.78, 5) is 29.0. The number of hydrogen-bond donors (Lipinski definition) is 0. The number of carbonyl (C=O) groups is 2. The van der Waals surface area contributed by atoms with Crippen molar-refractivity contribution in [2.24, 2.45) is 5.92 Å². The first-order valence-corrected chi connectivity index (χ1v) is 11.8. The Balaban J connectivity index is 1.47. The molecule has 0 aromatic heterocycles. The van der Waals surface area contributed by atoms with Gasteiger partial charge < -0.3 is 9.80 Å². The summed E-state index contributed by atoms with van der Waals surface area (Å²) in [5, 5.41) is 0.0889. The van der Waals surface area contributed by atoms with E-state index in [1.54, 1.807) is 24.0 Å². The molecule has 0 radical (unpaired) electrons. The van der Waals surface area contributed by atoms with E-state index in [1.165, 1.54) is 30.3 Å². The number of hydrogen-bond acceptors (Lipinski definition) is 5. The molecule has 2 amide bonds. The first-order chi connectivity index (χ1) is 14.7. The highest BCUT2D eigenvalue weighted by Crippen LogP contribution is 2.32. The molecule has 0 unspecified atom stereocenters. The largest absolute Gasteiger partial charge is 0.368 e. The average Bonchev–Trinajstić information content (AvgIpc) is 2.94. The molecule has 0 aliphatic carbocycles. The van der Waals surface area contributed by atoms with Crippen molar-refractivity contribution in [3.05, 3.63) is 58.9 Å². The number of halogens is 2. The molecule has 4 rings (SSSR count). The van der Waals surface area contributed by atoms with E-state index < -0.39 is 21.8 Å². The Morgan fingerprint density at radius 2 is 1.65 bits per heavy atom. The predicted molar refractivity (Wildman–Crippen MR) is 116 cm³/mol. The number of rotatable bonds is 3. The van der Waals surface area contributed by atoms with Gasteiger partial charge in [0.05, 0.1) is 27.9 Å². The Kier molecular flexibility index (Phi) is 5.65. The third-order valence-electron chi connectivity index (χ3n) is 5.54. The smallest absolute Gasteiger partial charge is 0.255 e. The number of anilines is 2. The minimum Gasteiger partial charge on any atom is -0.368 e. The number of piperazine rings is 1. The van der Waals surface area contributed by atoms with Gasteiger partial charge in [0, 0.05) is 31.9 Å². The molecule has 2 saturated heterocycles. The molecular formula is C21H21ClFN3O4S. The van der Waals surface area contributed by atoms with Crippen LogP contribution in [0.4, 0.5) is 15.8 Å². The Morgan fingerprint density at radius 3 is 2.19 bits per heavy atom. The van der Waals surface area contributed by atoms with Crippen LogP contribution in [0.25, 0.3) is 0 Å². The molecule has 164 valence electrons. The Hall–Kier alpha value is -2.65. The van der Waals surface area contributed by atoms with Gasteiger partial charge in [-0.05, 0) is 42.5 Å². The molecule has 7 nitrogen and oxygen atoms in total. The summed E-state index contributed by atoms with van der Waals surface area (Å²) in [6.07, 6.45) is 0. The zero-order valence-electron chi connectivity index (χ0n) is 16.8.